The number of carbonyl (C=O) groups is 1. The molecule has 1 atom stereocenters. The Morgan fingerprint density at radius 1 is 1.59 bits per heavy atom. The number of aliphatic hydroxyl groups is 1. The Bertz CT molecular complexity index is 434. The lowest BCUT2D eigenvalue weighted by Gasteiger charge is -2.31. The molecule has 5 nitrogen and oxygen atoms in total. The molecule has 2 rings (SSSR count). The van der Waals surface area contributed by atoms with Crippen molar-refractivity contribution < 1.29 is 9.90 Å². The summed E-state index contributed by atoms with van der Waals surface area (Å²) < 4.78 is 0. The number of hydrogen-bond donors (Lipinski definition) is 3. The van der Waals surface area contributed by atoms with Gasteiger partial charge in [0.05, 0.1) is 12.6 Å². The van der Waals surface area contributed by atoms with Crippen LogP contribution in [0, 0.1) is 0 Å². The molecule has 17 heavy (non-hydrogen) atoms. The first-order valence-corrected chi connectivity index (χ1v) is 5.62. The first-order valence-electron chi connectivity index (χ1n) is 5.62. The van der Waals surface area contributed by atoms with Crippen LogP contribution in [0.3, 0.4) is 0 Å². The number of carbonyl (C=O) groups excluding carboxylic acids is 1. The minimum Gasteiger partial charge on any atom is -0.399 e. The number of nitrogens with two attached hydrogens (primary N) is 1. The van der Waals surface area contributed by atoms with Gasteiger partial charge in [-0.3, -0.25) is 9.69 Å². The van der Waals surface area contributed by atoms with E-state index in [0.717, 1.165) is 11.3 Å². The van der Waals surface area contributed by atoms with Crippen LogP contribution < -0.4 is 11.1 Å². The summed E-state index contributed by atoms with van der Waals surface area (Å²) in [4.78, 5) is 13.7. The Kier molecular flexibility index (Phi) is 3.31. The van der Waals surface area contributed by atoms with Gasteiger partial charge in [0.1, 0.15) is 0 Å². The second-order valence-electron chi connectivity index (χ2n) is 4.33. The number of amides is 1. The zero-order chi connectivity index (χ0) is 12.4. The Hall–Kier alpha value is -1.59. The standard InChI is InChI=1S/C12H17N3O2/c1-15(4-5-16)11-7-8-6-9(13)2-3-10(8)14-12(11)17/h2-3,6,11,16H,4-5,7,13H2,1H3,(H,14,17). The van der Waals surface area contributed by atoms with Crippen LogP contribution in [-0.2, 0) is 11.2 Å². The number of nitrogens with zero attached hydrogens (tertiary/aromatic N) is 1. The van der Waals surface area contributed by atoms with Gasteiger partial charge < -0.3 is 16.2 Å². The maximum atomic E-state index is 11.9. The lowest BCUT2D eigenvalue weighted by Crippen LogP contribution is -2.47. The molecule has 1 aliphatic rings. The highest BCUT2D eigenvalue weighted by Gasteiger charge is 2.28. The fraction of sp³-hybridized carbons (Fsp3) is 0.417. The number of rotatable bonds is 3. The van der Waals surface area contributed by atoms with Crippen molar-refractivity contribution in [1.29, 1.82) is 0 Å². The van der Waals surface area contributed by atoms with Crippen molar-refractivity contribution in [1.82, 2.24) is 4.90 Å². The third kappa shape index (κ3) is 2.40. The summed E-state index contributed by atoms with van der Waals surface area (Å²) in [5, 5.41) is 11.8. The van der Waals surface area contributed by atoms with E-state index in [-0.39, 0.29) is 18.6 Å². The molecule has 92 valence electrons. The Morgan fingerprint density at radius 3 is 3.06 bits per heavy atom. The van der Waals surface area contributed by atoms with Crippen LogP contribution in [0.1, 0.15) is 5.56 Å². The zero-order valence-electron chi connectivity index (χ0n) is 9.81. The molecule has 1 amide bonds. The van der Waals surface area contributed by atoms with Crippen molar-refractivity contribution in [2.24, 2.45) is 0 Å². The number of benzene rings is 1. The molecule has 1 unspecified atom stereocenters. The quantitative estimate of drug-likeness (QED) is 0.647. The largest absolute Gasteiger partial charge is 0.399 e. The molecule has 5 heteroatoms. The number of fused-ring (bicyclic) bond motifs is 1. The predicted molar refractivity (Wildman–Crippen MR) is 66.7 cm³/mol. The van der Waals surface area contributed by atoms with E-state index in [1.54, 1.807) is 6.07 Å². The van der Waals surface area contributed by atoms with Gasteiger partial charge >= 0.3 is 0 Å². The van der Waals surface area contributed by atoms with E-state index in [9.17, 15) is 4.79 Å². The zero-order valence-corrected chi connectivity index (χ0v) is 9.81. The molecule has 1 aromatic carbocycles. The summed E-state index contributed by atoms with van der Waals surface area (Å²) >= 11 is 0. The van der Waals surface area contributed by atoms with E-state index in [1.165, 1.54) is 0 Å². The fourth-order valence-corrected chi connectivity index (χ4v) is 2.09. The molecule has 1 aliphatic heterocycles. The molecule has 0 aromatic heterocycles. The van der Waals surface area contributed by atoms with Crippen molar-refractivity contribution in [2.45, 2.75) is 12.5 Å². The van der Waals surface area contributed by atoms with Crippen molar-refractivity contribution >= 4 is 17.3 Å². The van der Waals surface area contributed by atoms with Gasteiger partial charge in [-0.2, -0.15) is 0 Å². The molecule has 0 saturated carbocycles. The third-order valence-electron chi connectivity index (χ3n) is 3.09. The fourth-order valence-electron chi connectivity index (χ4n) is 2.09. The summed E-state index contributed by atoms with van der Waals surface area (Å²) in [6.07, 6.45) is 0.628. The number of anilines is 2. The lowest BCUT2D eigenvalue weighted by molar-refractivity contribution is -0.121. The highest BCUT2D eigenvalue weighted by atomic mass is 16.3. The molecular weight excluding hydrogens is 218 g/mol. The molecule has 0 aliphatic carbocycles. The number of nitrogen functional groups attached to an aromatic ring is 1. The van der Waals surface area contributed by atoms with Gasteiger partial charge in [-0.15, -0.1) is 0 Å². The maximum absolute atomic E-state index is 11.9. The molecule has 1 heterocycles. The second-order valence-corrected chi connectivity index (χ2v) is 4.33. The van der Waals surface area contributed by atoms with Crippen LogP contribution in [0.15, 0.2) is 18.2 Å². The first kappa shape index (κ1) is 11.9. The molecule has 1 aromatic rings. The smallest absolute Gasteiger partial charge is 0.242 e. The van der Waals surface area contributed by atoms with Gasteiger partial charge in [0, 0.05) is 17.9 Å². The monoisotopic (exact) mass is 235 g/mol. The van der Waals surface area contributed by atoms with E-state index in [4.69, 9.17) is 10.8 Å². The minimum atomic E-state index is -0.239. The molecule has 4 N–H and O–H groups in total. The molecule has 0 bridgehead atoms. The number of hydrogen-bond acceptors (Lipinski definition) is 4. The molecule has 0 spiro atoms. The summed E-state index contributed by atoms with van der Waals surface area (Å²) in [5.41, 5.74) is 8.30. The van der Waals surface area contributed by atoms with Crippen LogP contribution >= 0.6 is 0 Å². The van der Waals surface area contributed by atoms with Gasteiger partial charge in [-0.1, -0.05) is 0 Å². The lowest BCUT2D eigenvalue weighted by atomic mass is 9.97. The van der Waals surface area contributed by atoms with E-state index >= 15 is 0 Å². The van der Waals surface area contributed by atoms with E-state index in [1.807, 2.05) is 24.1 Å². The van der Waals surface area contributed by atoms with Gasteiger partial charge in [0.2, 0.25) is 5.91 Å². The highest BCUT2D eigenvalue weighted by Crippen LogP contribution is 2.26. The van der Waals surface area contributed by atoms with Crippen molar-refractivity contribution in [3.63, 3.8) is 0 Å². The van der Waals surface area contributed by atoms with Gasteiger partial charge in [-0.25, -0.2) is 0 Å². The predicted octanol–water partition coefficient (Wildman–Crippen LogP) is 0.0561. The summed E-state index contributed by atoms with van der Waals surface area (Å²) in [6.45, 7) is 0.528. The third-order valence-corrected chi connectivity index (χ3v) is 3.09. The molecule has 0 fully saturated rings. The van der Waals surface area contributed by atoms with Crippen molar-refractivity contribution in [3.05, 3.63) is 23.8 Å². The van der Waals surface area contributed by atoms with Crippen LogP contribution in [0.2, 0.25) is 0 Å². The first-order chi connectivity index (χ1) is 8.11. The average Bonchev–Trinajstić information content (AvgIpc) is 2.29. The topological polar surface area (TPSA) is 78.6 Å². The molecule has 0 saturated heterocycles. The number of aliphatic hydroxyl groups excluding tert-OH is 1. The van der Waals surface area contributed by atoms with E-state index < -0.39 is 0 Å². The summed E-state index contributed by atoms with van der Waals surface area (Å²) in [6, 6.07) is 5.24. The second kappa shape index (κ2) is 4.73. The van der Waals surface area contributed by atoms with Crippen molar-refractivity contribution in [2.75, 3.05) is 31.2 Å². The minimum absolute atomic E-state index is 0.0294. The van der Waals surface area contributed by atoms with Crippen LogP contribution in [0.5, 0.6) is 0 Å². The van der Waals surface area contributed by atoms with Gasteiger partial charge in [0.15, 0.2) is 0 Å². The SMILES string of the molecule is CN(CCO)C1Cc2cc(N)ccc2NC1=O. The Labute approximate surface area is 100 Å². The van der Waals surface area contributed by atoms with Gasteiger partial charge in [0.25, 0.3) is 0 Å². The Morgan fingerprint density at radius 2 is 2.35 bits per heavy atom. The average molecular weight is 235 g/mol. The van der Waals surface area contributed by atoms with E-state index in [0.29, 0.717) is 18.7 Å². The molecule has 0 radical (unpaired) electrons. The highest BCUT2D eigenvalue weighted by molar-refractivity contribution is 5.98. The number of nitrogens with one attached hydrogen (secondary N) is 1. The number of likely N-dealkylation sites (N-methyl/N-ethyl adjacent to an activating group) is 1. The molecular formula is C12H17N3O2. The summed E-state index contributed by atoms with van der Waals surface area (Å²) in [5.74, 6) is -0.0294. The van der Waals surface area contributed by atoms with Gasteiger partial charge in [-0.05, 0) is 37.2 Å². The van der Waals surface area contributed by atoms with Crippen LogP contribution in [0.25, 0.3) is 0 Å². The van der Waals surface area contributed by atoms with Crippen molar-refractivity contribution in [3.8, 4) is 0 Å². The van der Waals surface area contributed by atoms with Crippen LogP contribution in [-0.4, -0.2) is 42.2 Å². The van der Waals surface area contributed by atoms with E-state index in [2.05, 4.69) is 5.32 Å². The normalized spacial score (nSPS) is 19.0. The van der Waals surface area contributed by atoms with Crippen LogP contribution in [0.4, 0.5) is 11.4 Å². The Balaban J connectivity index is 2.22. The summed E-state index contributed by atoms with van der Waals surface area (Å²) in [7, 11) is 1.83. The maximum Gasteiger partial charge on any atom is 0.242 e.